The summed E-state index contributed by atoms with van der Waals surface area (Å²) in [6.07, 6.45) is 0.298. The molecule has 226 valence electrons. The van der Waals surface area contributed by atoms with Crippen LogP contribution in [0.15, 0.2) is 65.6 Å². The first-order chi connectivity index (χ1) is 19.8. The highest BCUT2D eigenvalue weighted by Crippen LogP contribution is 2.29. The summed E-state index contributed by atoms with van der Waals surface area (Å²) < 4.78 is 29.2. The summed E-state index contributed by atoms with van der Waals surface area (Å²) in [5, 5.41) is 3.60. The maximum atomic E-state index is 14.2. The average Bonchev–Trinajstić information content (AvgIpc) is 2.93. The largest absolute Gasteiger partial charge is 0.354 e. The van der Waals surface area contributed by atoms with Gasteiger partial charge in [0, 0.05) is 28.7 Å². The molecule has 1 unspecified atom stereocenters. The molecule has 2 amide bonds. The van der Waals surface area contributed by atoms with Gasteiger partial charge in [-0.1, -0.05) is 73.8 Å². The Morgan fingerprint density at radius 2 is 1.52 bits per heavy atom. The number of carbonyl (C=O) groups excluding carboxylic acids is 2. The van der Waals surface area contributed by atoms with Crippen molar-refractivity contribution >= 4 is 50.7 Å². The van der Waals surface area contributed by atoms with Crippen LogP contribution in [0.4, 0.5) is 5.69 Å². The van der Waals surface area contributed by atoms with Crippen LogP contribution in [-0.4, -0.2) is 44.3 Å². The molecule has 10 heteroatoms. The molecule has 0 aliphatic heterocycles. The van der Waals surface area contributed by atoms with Crippen LogP contribution >= 0.6 is 23.2 Å². The van der Waals surface area contributed by atoms with Crippen LogP contribution in [0.3, 0.4) is 0 Å². The number of nitrogens with one attached hydrogen (secondary N) is 1. The SMILES string of the molecule is CCC(C(=O)NCC(C)C)N(Cc1c(Cl)cccc1Cl)C(=O)CN(c1ccc(C)c(C)c1)S(=O)(=O)c1ccc(C)cc1. The van der Waals surface area contributed by atoms with Gasteiger partial charge in [0.25, 0.3) is 10.0 Å². The van der Waals surface area contributed by atoms with Crippen LogP contribution < -0.4 is 9.62 Å². The summed E-state index contributed by atoms with van der Waals surface area (Å²) in [6, 6.07) is 15.9. The second-order valence-electron chi connectivity index (χ2n) is 10.9. The first-order valence-corrected chi connectivity index (χ1v) is 16.1. The minimum absolute atomic E-state index is 0.0570. The number of benzene rings is 3. The number of anilines is 1. The molecule has 42 heavy (non-hydrogen) atoms. The molecule has 0 bridgehead atoms. The third-order valence-corrected chi connectivity index (χ3v) is 9.62. The van der Waals surface area contributed by atoms with Gasteiger partial charge in [-0.3, -0.25) is 13.9 Å². The summed E-state index contributed by atoms with van der Waals surface area (Å²) in [7, 11) is -4.16. The molecule has 0 spiro atoms. The van der Waals surface area contributed by atoms with E-state index < -0.39 is 28.5 Å². The van der Waals surface area contributed by atoms with E-state index in [0.717, 1.165) is 21.0 Å². The van der Waals surface area contributed by atoms with Crippen molar-refractivity contribution in [3.8, 4) is 0 Å². The van der Waals surface area contributed by atoms with Crippen LogP contribution in [0, 0.1) is 26.7 Å². The molecular weight excluding hydrogens is 593 g/mol. The topological polar surface area (TPSA) is 86.8 Å². The molecule has 0 aromatic heterocycles. The van der Waals surface area contributed by atoms with Crippen LogP contribution in [0.2, 0.25) is 10.0 Å². The lowest BCUT2D eigenvalue weighted by Crippen LogP contribution is -2.52. The maximum absolute atomic E-state index is 14.2. The van der Waals surface area contributed by atoms with E-state index in [1.807, 2.05) is 40.7 Å². The van der Waals surface area contributed by atoms with Gasteiger partial charge in [-0.2, -0.15) is 0 Å². The van der Waals surface area contributed by atoms with E-state index in [0.29, 0.717) is 34.3 Å². The van der Waals surface area contributed by atoms with Crippen LogP contribution in [0.5, 0.6) is 0 Å². The van der Waals surface area contributed by atoms with Gasteiger partial charge in [0.15, 0.2) is 0 Å². The van der Waals surface area contributed by atoms with E-state index in [1.54, 1.807) is 49.4 Å². The van der Waals surface area contributed by atoms with E-state index in [1.165, 1.54) is 17.0 Å². The summed E-state index contributed by atoms with van der Waals surface area (Å²) >= 11 is 13.0. The fourth-order valence-electron chi connectivity index (χ4n) is 4.44. The molecule has 1 atom stereocenters. The lowest BCUT2D eigenvalue weighted by Gasteiger charge is -2.33. The van der Waals surface area contributed by atoms with Crippen molar-refractivity contribution in [2.24, 2.45) is 5.92 Å². The lowest BCUT2D eigenvalue weighted by atomic mass is 10.1. The molecule has 3 aromatic rings. The van der Waals surface area contributed by atoms with Gasteiger partial charge in [-0.25, -0.2) is 8.42 Å². The number of rotatable bonds is 12. The quantitative estimate of drug-likeness (QED) is 0.241. The zero-order valence-corrected chi connectivity index (χ0v) is 27.3. The molecule has 0 heterocycles. The van der Waals surface area contributed by atoms with E-state index in [-0.39, 0.29) is 23.3 Å². The van der Waals surface area contributed by atoms with Crippen molar-refractivity contribution in [2.45, 2.75) is 65.4 Å². The minimum atomic E-state index is -4.16. The van der Waals surface area contributed by atoms with E-state index in [4.69, 9.17) is 23.2 Å². The molecule has 3 aromatic carbocycles. The zero-order valence-electron chi connectivity index (χ0n) is 24.9. The Balaban J connectivity index is 2.11. The van der Waals surface area contributed by atoms with Crippen molar-refractivity contribution < 1.29 is 18.0 Å². The minimum Gasteiger partial charge on any atom is -0.354 e. The number of nitrogens with zero attached hydrogens (tertiary/aromatic N) is 2. The first-order valence-electron chi connectivity index (χ1n) is 13.9. The van der Waals surface area contributed by atoms with Crippen LogP contribution in [-0.2, 0) is 26.2 Å². The first kappa shape index (κ1) is 33.4. The third-order valence-electron chi connectivity index (χ3n) is 7.13. The fourth-order valence-corrected chi connectivity index (χ4v) is 6.37. The normalized spacial score (nSPS) is 12.2. The van der Waals surface area contributed by atoms with Crippen LogP contribution in [0.25, 0.3) is 0 Å². The highest BCUT2D eigenvalue weighted by atomic mass is 35.5. The molecule has 3 rings (SSSR count). The fraction of sp³-hybridized carbons (Fsp3) is 0.375. The van der Waals surface area contributed by atoms with Gasteiger partial charge < -0.3 is 10.2 Å². The van der Waals surface area contributed by atoms with Crippen LogP contribution in [0.1, 0.15) is 49.4 Å². The average molecular weight is 633 g/mol. The van der Waals surface area contributed by atoms with E-state index >= 15 is 0 Å². The number of halogens is 2. The Morgan fingerprint density at radius 1 is 0.905 bits per heavy atom. The van der Waals surface area contributed by atoms with E-state index in [2.05, 4.69) is 5.32 Å². The third kappa shape index (κ3) is 8.06. The highest BCUT2D eigenvalue weighted by molar-refractivity contribution is 7.92. The van der Waals surface area contributed by atoms with Crippen molar-refractivity contribution in [1.82, 2.24) is 10.2 Å². The molecule has 0 aliphatic rings. The number of hydrogen-bond acceptors (Lipinski definition) is 4. The van der Waals surface area contributed by atoms with E-state index in [9.17, 15) is 18.0 Å². The second-order valence-corrected chi connectivity index (χ2v) is 13.6. The molecule has 0 radical (unpaired) electrons. The molecule has 0 saturated carbocycles. The molecule has 1 N–H and O–H groups in total. The molecular formula is C32H39Cl2N3O4S. The summed E-state index contributed by atoms with van der Waals surface area (Å²) in [5.41, 5.74) is 3.59. The highest BCUT2D eigenvalue weighted by Gasteiger charge is 2.34. The maximum Gasteiger partial charge on any atom is 0.264 e. The number of hydrogen-bond donors (Lipinski definition) is 1. The Hall–Kier alpha value is -3.07. The van der Waals surface area contributed by atoms with Gasteiger partial charge >= 0.3 is 0 Å². The van der Waals surface area contributed by atoms with Gasteiger partial charge in [0.1, 0.15) is 12.6 Å². The standard InChI is InChI=1S/C32H39Cl2N3O4S/c1-7-30(32(39)35-18-21(2)3)36(19-27-28(33)9-8-10-29(27)34)31(38)20-37(25-14-13-23(5)24(6)17-25)42(40,41)26-15-11-22(4)12-16-26/h8-17,21,30H,7,18-20H2,1-6H3,(H,35,39). The van der Waals surface area contributed by atoms with Crippen molar-refractivity contribution in [1.29, 1.82) is 0 Å². The Labute approximate surface area is 259 Å². The second kappa shape index (κ2) is 14.4. The monoisotopic (exact) mass is 631 g/mol. The molecule has 0 aliphatic carbocycles. The zero-order chi connectivity index (χ0) is 31.2. The van der Waals surface area contributed by atoms with Crippen molar-refractivity contribution in [3.63, 3.8) is 0 Å². The smallest absolute Gasteiger partial charge is 0.264 e. The lowest BCUT2D eigenvalue weighted by molar-refractivity contribution is -0.140. The Kier molecular flexibility index (Phi) is 11.5. The Morgan fingerprint density at radius 3 is 2.07 bits per heavy atom. The predicted octanol–water partition coefficient (Wildman–Crippen LogP) is 6.69. The number of sulfonamides is 1. The Bertz CT molecular complexity index is 1500. The number of amides is 2. The van der Waals surface area contributed by atoms with Gasteiger partial charge in [-0.15, -0.1) is 0 Å². The number of aryl methyl sites for hydroxylation is 3. The molecule has 0 fully saturated rings. The molecule has 7 nitrogen and oxygen atoms in total. The number of carbonyl (C=O) groups is 2. The van der Waals surface area contributed by atoms with Gasteiger partial charge in [-0.05, 0) is 80.6 Å². The summed E-state index contributed by atoms with van der Waals surface area (Å²) in [6.45, 7) is 11.3. The van der Waals surface area contributed by atoms with Gasteiger partial charge in [0.2, 0.25) is 11.8 Å². The van der Waals surface area contributed by atoms with Gasteiger partial charge in [0.05, 0.1) is 10.6 Å². The summed E-state index contributed by atoms with van der Waals surface area (Å²) in [5.74, 6) is -0.693. The summed E-state index contributed by atoms with van der Waals surface area (Å²) in [4.78, 5) is 29.0. The predicted molar refractivity (Wildman–Crippen MR) is 171 cm³/mol. The molecule has 0 saturated heterocycles. The van der Waals surface area contributed by atoms with Crippen molar-refractivity contribution in [2.75, 3.05) is 17.4 Å². The van der Waals surface area contributed by atoms with Crippen molar-refractivity contribution in [3.05, 3.63) is 93.0 Å².